The van der Waals surface area contributed by atoms with Gasteiger partial charge in [0.25, 0.3) is 5.91 Å². The van der Waals surface area contributed by atoms with Crippen molar-refractivity contribution < 1.29 is 14.7 Å². The molecule has 2 aromatic rings. The van der Waals surface area contributed by atoms with Crippen molar-refractivity contribution in [3.63, 3.8) is 0 Å². The lowest BCUT2D eigenvalue weighted by atomic mass is 9.97. The smallest absolute Gasteiger partial charge is 0.272 e. The van der Waals surface area contributed by atoms with Gasteiger partial charge in [0, 0.05) is 35.3 Å². The van der Waals surface area contributed by atoms with Crippen LogP contribution in [0.2, 0.25) is 0 Å². The van der Waals surface area contributed by atoms with Gasteiger partial charge in [-0.05, 0) is 70.3 Å². The average molecular weight is 507 g/mol. The Morgan fingerprint density at radius 3 is 2.49 bits per heavy atom. The molecule has 2 aliphatic rings. The number of unbranched alkanes of at least 4 members (excludes halogenated alkanes) is 2. The molecule has 2 heterocycles. The van der Waals surface area contributed by atoms with Crippen molar-refractivity contribution in [3.8, 4) is 5.75 Å². The number of nitrogens with two attached hydrogens (primary N) is 2. The molecule has 198 valence electrons. The van der Waals surface area contributed by atoms with Gasteiger partial charge in [-0.3, -0.25) is 15.1 Å². The molecule has 1 amide bonds. The maximum absolute atomic E-state index is 13.7. The standard InChI is InChI=1S/C28H38N6O3/c1-18-8-6-9-19(2)33(18)14-4-3-5-15-34-23-17-22(27(31)32-36)12-13-24(23)37-25(28(34)35)20-10-7-11-21(16-20)26(29)30/h7,10-13,16-19,25,36H,3-6,8-9,14-15H2,1-2H3,(H3,29,30)(H2,31,32)/t18-,19+,25?. The summed E-state index contributed by atoms with van der Waals surface area (Å²) in [5.41, 5.74) is 13.8. The first-order valence-corrected chi connectivity index (χ1v) is 13.1. The van der Waals surface area contributed by atoms with Crippen molar-refractivity contribution in [2.45, 2.75) is 70.6 Å². The van der Waals surface area contributed by atoms with E-state index < -0.39 is 6.10 Å². The van der Waals surface area contributed by atoms with Crippen molar-refractivity contribution in [2.24, 2.45) is 16.6 Å². The molecule has 37 heavy (non-hydrogen) atoms. The van der Waals surface area contributed by atoms with Crippen LogP contribution in [0.15, 0.2) is 47.6 Å². The highest BCUT2D eigenvalue weighted by Crippen LogP contribution is 2.40. The number of fused-ring (bicyclic) bond motifs is 1. The molecule has 9 heteroatoms. The third-order valence-electron chi connectivity index (χ3n) is 7.56. The van der Waals surface area contributed by atoms with Gasteiger partial charge in [0.2, 0.25) is 6.10 Å². The number of likely N-dealkylation sites (tertiary alicyclic amines) is 1. The zero-order chi connectivity index (χ0) is 26.5. The van der Waals surface area contributed by atoms with E-state index >= 15 is 0 Å². The molecule has 0 saturated carbocycles. The second kappa shape index (κ2) is 11.6. The summed E-state index contributed by atoms with van der Waals surface area (Å²) in [6.07, 6.45) is 5.90. The first-order chi connectivity index (χ1) is 17.8. The highest BCUT2D eigenvalue weighted by atomic mass is 16.5. The zero-order valence-corrected chi connectivity index (χ0v) is 21.7. The SMILES string of the molecule is C[C@@H]1CCC[C@H](C)N1CCCCCN1C(=O)C(c2cccc(C(=N)N)c2)Oc2ccc(C(N)=NO)cc21. The molecule has 1 fully saturated rings. The third kappa shape index (κ3) is 5.88. The van der Waals surface area contributed by atoms with Gasteiger partial charge < -0.3 is 26.3 Å². The van der Waals surface area contributed by atoms with Gasteiger partial charge in [-0.1, -0.05) is 36.2 Å². The van der Waals surface area contributed by atoms with Gasteiger partial charge in [0.05, 0.1) is 5.69 Å². The molecule has 3 atom stereocenters. The number of oxime groups is 1. The minimum absolute atomic E-state index is 0.0312. The fourth-order valence-electron chi connectivity index (χ4n) is 5.45. The predicted octanol–water partition coefficient (Wildman–Crippen LogP) is 3.97. The maximum Gasteiger partial charge on any atom is 0.272 e. The molecule has 0 aromatic heterocycles. The Hall–Kier alpha value is -3.59. The molecule has 4 rings (SSSR count). The average Bonchev–Trinajstić information content (AvgIpc) is 2.90. The van der Waals surface area contributed by atoms with Gasteiger partial charge in [-0.15, -0.1) is 0 Å². The number of hydrogen-bond donors (Lipinski definition) is 4. The number of nitrogens with one attached hydrogen (secondary N) is 1. The lowest BCUT2D eigenvalue weighted by Crippen LogP contribution is -2.44. The van der Waals surface area contributed by atoms with E-state index in [1.54, 1.807) is 41.3 Å². The van der Waals surface area contributed by atoms with Crippen LogP contribution in [0.4, 0.5) is 5.69 Å². The summed E-state index contributed by atoms with van der Waals surface area (Å²) in [4.78, 5) is 18.1. The van der Waals surface area contributed by atoms with Crippen molar-refractivity contribution in [1.29, 1.82) is 5.41 Å². The third-order valence-corrected chi connectivity index (χ3v) is 7.56. The van der Waals surface area contributed by atoms with E-state index in [4.69, 9.17) is 26.8 Å². The van der Waals surface area contributed by atoms with Crippen molar-refractivity contribution in [3.05, 3.63) is 59.2 Å². The Labute approximate surface area is 218 Å². The zero-order valence-electron chi connectivity index (χ0n) is 21.7. The first kappa shape index (κ1) is 26.5. The van der Waals surface area contributed by atoms with Crippen LogP contribution in [0.5, 0.6) is 5.75 Å². The van der Waals surface area contributed by atoms with Gasteiger partial charge in [0.1, 0.15) is 11.6 Å². The second-order valence-electron chi connectivity index (χ2n) is 10.1. The summed E-state index contributed by atoms with van der Waals surface area (Å²) >= 11 is 0. The van der Waals surface area contributed by atoms with Crippen LogP contribution < -0.4 is 21.1 Å². The molecular weight excluding hydrogens is 468 g/mol. The van der Waals surface area contributed by atoms with E-state index in [0.717, 1.165) is 25.8 Å². The maximum atomic E-state index is 13.7. The van der Waals surface area contributed by atoms with Crippen LogP contribution in [-0.4, -0.2) is 52.9 Å². The molecule has 1 unspecified atom stereocenters. The highest BCUT2D eigenvalue weighted by Gasteiger charge is 2.36. The normalized spacial score (nSPS) is 22.4. The minimum Gasteiger partial charge on any atom is -0.474 e. The number of nitrogen functional groups attached to an aromatic ring is 1. The Kier molecular flexibility index (Phi) is 8.33. The highest BCUT2D eigenvalue weighted by molar-refractivity contribution is 6.04. The van der Waals surface area contributed by atoms with E-state index in [1.165, 1.54) is 19.3 Å². The summed E-state index contributed by atoms with van der Waals surface area (Å²) in [7, 11) is 0. The predicted molar refractivity (Wildman–Crippen MR) is 145 cm³/mol. The lowest BCUT2D eigenvalue weighted by molar-refractivity contribution is -0.126. The molecule has 2 aliphatic heterocycles. The molecular formula is C28H38N6O3. The minimum atomic E-state index is -0.850. The van der Waals surface area contributed by atoms with E-state index in [1.807, 2.05) is 6.07 Å². The molecule has 6 N–H and O–H groups in total. The number of nitrogens with zero attached hydrogens (tertiary/aromatic N) is 3. The molecule has 0 aliphatic carbocycles. The van der Waals surface area contributed by atoms with Gasteiger partial charge in [-0.2, -0.15) is 0 Å². The van der Waals surface area contributed by atoms with Crippen LogP contribution in [-0.2, 0) is 4.79 Å². The monoisotopic (exact) mass is 506 g/mol. The summed E-state index contributed by atoms with van der Waals surface area (Å²) in [6, 6.07) is 13.4. The van der Waals surface area contributed by atoms with Crippen LogP contribution in [0.1, 0.15) is 75.2 Å². The van der Waals surface area contributed by atoms with E-state index in [0.29, 0.717) is 46.8 Å². The number of ether oxygens (including phenoxy) is 1. The number of carbonyl (C=O) groups excluding carboxylic acids is 1. The van der Waals surface area contributed by atoms with Gasteiger partial charge in [0.15, 0.2) is 5.84 Å². The molecule has 0 radical (unpaired) electrons. The number of anilines is 1. The lowest BCUT2D eigenvalue weighted by Gasteiger charge is -2.39. The fourth-order valence-corrected chi connectivity index (χ4v) is 5.45. The van der Waals surface area contributed by atoms with E-state index in [2.05, 4.69) is 23.9 Å². The fraction of sp³-hybridized carbons (Fsp3) is 0.464. The largest absolute Gasteiger partial charge is 0.474 e. The van der Waals surface area contributed by atoms with E-state index in [9.17, 15) is 4.79 Å². The quantitative estimate of drug-likeness (QED) is 0.133. The number of amides is 1. The molecule has 1 saturated heterocycles. The number of benzene rings is 2. The van der Waals surface area contributed by atoms with Crippen molar-refractivity contribution in [2.75, 3.05) is 18.0 Å². The molecule has 2 aromatic carbocycles. The molecule has 9 nitrogen and oxygen atoms in total. The van der Waals surface area contributed by atoms with E-state index in [-0.39, 0.29) is 17.6 Å². The first-order valence-electron chi connectivity index (χ1n) is 13.1. The number of piperidine rings is 1. The van der Waals surface area contributed by atoms with Gasteiger partial charge in [-0.25, -0.2) is 0 Å². The summed E-state index contributed by atoms with van der Waals surface area (Å²) in [5, 5.41) is 20.0. The Bertz CT molecular complexity index is 1160. The van der Waals surface area contributed by atoms with Crippen LogP contribution >= 0.6 is 0 Å². The Morgan fingerprint density at radius 2 is 1.78 bits per heavy atom. The van der Waals surface area contributed by atoms with Crippen molar-refractivity contribution >= 4 is 23.3 Å². The van der Waals surface area contributed by atoms with Crippen molar-refractivity contribution in [1.82, 2.24) is 4.90 Å². The molecule has 0 spiro atoms. The summed E-state index contributed by atoms with van der Waals surface area (Å²) in [5.74, 6) is 0.255. The number of carbonyl (C=O) groups is 1. The topological polar surface area (TPSA) is 141 Å². The van der Waals surface area contributed by atoms with Gasteiger partial charge >= 0.3 is 0 Å². The number of rotatable bonds is 9. The number of amidine groups is 2. The van der Waals surface area contributed by atoms with Crippen LogP contribution in [0.3, 0.4) is 0 Å². The Morgan fingerprint density at radius 1 is 1.05 bits per heavy atom. The summed E-state index contributed by atoms with van der Waals surface area (Å²) < 4.78 is 6.14. The Balaban J connectivity index is 1.51. The second-order valence-corrected chi connectivity index (χ2v) is 10.1. The number of hydrogen-bond acceptors (Lipinski definition) is 6. The summed E-state index contributed by atoms with van der Waals surface area (Å²) in [6.45, 7) is 6.24. The molecule has 0 bridgehead atoms. The van der Waals surface area contributed by atoms with Crippen LogP contribution in [0.25, 0.3) is 0 Å². The van der Waals surface area contributed by atoms with Crippen LogP contribution in [0, 0.1) is 5.41 Å².